The van der Waals surface area contributed by atoms with E-state index in [9.17, 15) is 4.79 Å². The third kappa shape index (κ3) is 1.45. The van der Waals surface area contributed by atoms with Crippen LogP contribution in [-0.2, 0) is 4.79 Å². The first-order valence-corrected chi connectivity index (χ1v) is 6.15. The van der Waals surface area contributed by atoms with Gasteiger partial charge in [0.2, 0.25) is 5.91 Å². The molecule has 14 heavy (non-hydrogen) atoms. The maximum Gasteiger partial charge on any atom is 0.223 e. The summed E-state index contributed by atoms with van der Waals surface area (Å²) >= 11 is 0. The molecular formula is C12H19NO. The number of fused-ring (bicyclic) bond motifs is 2. The van der Waals surface area contributed by atoms with Crippen molar-refractivity contribution in [3.8, 4) is 0 Å². The third-order valence-corrected chi connectivity index (χ3v) is 4.40. The monoisotopic (exact) mass is 193 g/mol. The molecule has 0 unspecified atom stereocenters. The number of carbonyl (C=O) groups excluding carboxylic acids is 1. The molecule has 0 aromatic rings. The molecule has 4 atom stereocenters. The predicted molar refractivity (Wildman–Crippen MR) is 54.7 cm³/mol. The summed E-state index contributed by atoms with van der Waals surface area (Å²) in [6.45, 7) is 0. The number of nitrogens with one attached hydrogen (secondary N) is 1. The minimum Gasteiger partial charge on any atom is -0.353 e. The van der Waals surface area contributed by atoms with E-state index in [1.165, 1.54) is 44.9 Å². The Labute approximate surface area is 85.4 Å². The highest BCUT2D eigenvalue weighted by Gasteiger charge is 2.45. The van der Waals surface area contributed by atoms with E-state index in [2.05, 4.69) is 5.32 Å². The number of carbonyl (C=O) groups is 1. The molecule has 3 aliphatic rings. The van der Waals surface area contributed by atoms with Crippen molar-refractivity contribution < 1.29 is 4.79 Å². The second-order valence-corrected chi connectivity index (χ2v) is 5.34. The number of rotatable bonds is 0. The van der Waals surface area contributed by atoms with E-state index >= 15 is 0 Å². The first kappa shape index (κ1) is 8.75. The van der Waals surface area contributed by atoms with Crippen molar-refractivity contribution in [2.45, 2.75) is 51.0 Å². The van der Waals surface area contributed by atoms with Gasteiger partial charge in [-0.15, -0.1) is 0 Å². The lowest BCUT2D eigenvalue weighted by atomic mass is 9.80. The van der Waals surface area contributed by atoms with E-state index in [-0.39, 0.29) is 0 Å². The van der Waals surface area contributed by atoms with E-state index in [0.29, 0.717) is 17.9 Å². The van der Waals surface area contributed by atoms with E-state index in [0.717, 1.165) is 11.8 Å². The molecule has 3 fully saturated rings. The Kier molecular flexibility index (Phi) is 2.03. The Morgan fingerprint density at radius 1 is 1.00 bits per heavy atom. The molecule has 3 rings (SSSR count). The van der Waals surface area contributed by atoms with Crippen LogP contribution in [0.3, 0.4) is 0 Å². The van der Waals surface area contributed by atoms with Gasteiger partial charge in [-0.1, -0.05) is 12.8 Å². The predicted octanol–water partition coefficient (Wildman–Crippen LogP) is 2.09. The van der Waals surface area contributed by atoms with E-state index < -0.39 is 0 Å². The van der Waals surface area contributed by atoms with Gasteiger partial charge in [0.1, 0.15) is 0 Å². The SMILES string of the molecule is O=C1N[C@H]2CCCC[C@@H]2CC[C@@H]2C[C@H]12. The Bertz CT molecular complexity index is 251. The number of hydrogen-bond donors (Lipinski definition) is 1. The molecule has 0 bridgehead atoms. The Hall–Kier alpha value is -0.530. The second-order valence-electron chi connectivity index (χ2n) is 5.34. The zero-order chi connectivity index (χ0) is 9.54. The highest BCUT2D eigenvalue weighted by atomic mass is 16.2. The van der Waals surface area contributed by atoms with Crippen LogP contribution in [0.4, 0.5) is 0 Å². The number of amides is 1. The van der Waals surface area contributed by atoms with E-state index in [1.54, 1.807) is 0 Å². The first-order chi connectivity index (χ1) is 6.84. The molecule has 2 heteroatoms. The molecule has 2 saturated carbocycles. The fourth-order valence-electron chi connectivity index (χ4n) is 3.35. The molecule has 0 aromatic heterocycles. The summed E-state index contributed by atoms with van der Waals surface area (Å²) in [5.74, 6) is 2.32. The first-order valence-electron chi connectivity index (χ1n) is 6.15. The van der Waals surface area contributed by atoms with Gasteiger partial charge in [0.05, 0.1) is 0 Å². The van der Waals surface area contributed by atoms with Crippen LogP contribution in [0.15, 0.2) is 0 Å². The maximum absolute atomic E-state index is 11.8. The molecular weight excluding hydrogens is 174 g/mol. The molecule has 0 radical (unpaired) electrons. The molecule has 1 heterocycles. The van der Waals surface area contributed by atoms with Crippen molar-refractivity contribution in [2.24, 2.45) is 17.8 Å². The lowest BCUT2D eigenvalue weighted by Crippen LogP contribution is -2.44. The summed E-state index contributed by atoms with van der Waals surface area (Å²) < 4.78 is 0. The molecule has 78 valence electrons. The molecule has 1 saturated heterocycles. The topological polar surface area (TPSA) is 29.1 Å². The highest BCUT2D eigenvalue weighted by Crippen LogP contribution is 2.45. The van der Waals surface area contributed by atoms with Gasteiger partial charge in [-0.2, -0.15) is 0 Å². The Morgan fingerprint density at radius 2 is 1.79 bits per heavy atom. The van der Waals surface area contributed by atoms with Crippen molar-refractivity contribution >= 4 is 5.91 Å². The van der Waals surface area contributed by atoms with Gasteiger partial charge < -0.3 is 5.32 Å². The molecule has 1 N–H and O–H groups in total. The molecule has 0 aromatic carbocycles. The van der Waals surface area contributed by atoms with Gasteiger partial charge in [0.25, 0.3) is 0 Å². The van der Waals surface area contributed by atoms with Gasteiger partial charge in [-0.25, -0.2) is 0 Å². The van der Waals surface area contributed by atoms with Crippen molar-refractivity contribution in [3.63, 3.8) is 0 Å². The average molecular weight is 193 g/mol. The van der Waals surface area contributed by atoms with Crippen LogP contribution in [0.1, 0.15) is 44.9 Å². The van der Waals surface area contributed by atoms with Crippen molar-refractivity contribution in [1.29, 1.82) is 0 Å². The van der Waals surface area contributed by atoms with Crippen LogP contribution in [-0.4, -0.2) is 11.9 Å². The molecule has 2 aliphatic carbocycles. The summed E-state index contributed by atoms with van der Waals surface area (Å²) in [6.07, 6.45) is 9.13. The molecule has 0 spiro atoms. The van der Waals surface area contributed by atoms with Gasteiger partial charge in [-0.05, 0) is 43.9 Å². The fraction of sp³-hybridized carbons (Fsp3) is 0.917. The zero-order valence-electron chi connectivity index (χ0n) is 8.67. The summed E-state index contributed by atoms with van der Waals surface area (Å²) in [5, 5.41) is 3.27. The molecule has 2 nitrogen and oxygen atoms in total. The summed E-state index contributed by atoms with van der Waals surface area (Å²) in [7, 11) is 0. The smallest absolute Gasteiger partial charge is 0.223 e. The third-order valence-electron chi connectivity index (χ3n) is 4.40. The normalized spacial score (nSPS) is 46.7. The van der Waals surface area contributed by atoms with Crippen LogP contribution >= 0.6 is 0 Å². The van der Waals surface area contributed by atoms with E-state index in [4.69, 9.17) is 0 Å². The van der Waals surface area contributed by atoms with Crippen molar-refractivity contribution in [1.82, 2.24) is 5.32 Å². The van der Waals surface area contributed by atoms with Crippen molar-refractivity contribution in [2.75, 3.05) is 0 Å². The standard InChI is InChI=1S/C12H19NO/c14-12-10-7-9(10)6-5-8-3-1-2-4-11(8)13-12/h8-11H,1-7H2,(H,13,14)/t8-,9-,10+,11+/m1/s1. The Balaban J connectivity index is 1.72. The quantitative estimate of drug-likeness (QED) is 0.627. The van der Waals surface area contributed by atoms with Gasteiger partial charge in [-0.3, -0.25) is 4.79 Å². The minimum atomic E-state index is 0.367. The van der Waals surface area contributed by atoms with Gasteiger partial charge in [0.15, 0.2) is 0 Å². The van der Waals surface area contributed by atoms with Crippen LogP contribution in [0.5, 0.6) is 0 Å². The average Bonchev–Trinajstić information content (AvgIpc) is 2.93. The molecule has 1 amide bonds. The van der Waals surface area contributed by atoms with E-state index in [1.807, 2.05) is 0 Å². The summed E-state index contributed by atoms with van der Waals surface area (Å²) in [5.41, 5.74) is 0. The largest absolute Gasteiger partial charge is 0.353 e. The van der Waals surface area contributed by atoms with Gasteiger partial charge in [0, 0.05) is 12.0 Å². The lowest BCUT2D eigenvalue weighted by molar-refractivity contribution is -0.124. The maximum atomic E-state index is 11.8. The summed E-state index contributed by atoms with van der Waals surface area (Å²) in [6, 6.07) is 0.526. The lowest BCUT2D eigenvalue weighted by Gasteiger charge is -2.33. The van der Waals surface area contributed by atoms with Gasteiger partial charge >= 0.3 is 0 Å². The zero-order valence-corrected chi connectivity index (χ0v) is 8.67. The summed E-state index contributed by atoms with van der Waals surface area (Å²) in [4.78, 5) is 11.8. The van der Waals surface area contributed by atoms with Crippen molar-refractivity contribution in [3.05, 3.63) is 0 Å². The number of hydrogen-bond acceptors (Lipinski definition) is 1. The second kappa shape index (κ2) is 3.25. The van der Waals surface area contributed by atoms with Crippen LogP contribution < -0.4 is 5.32 Å². The Morgan fingerprint density at radius 3 is 2.71 bits per heavy atom. The molecule has 1 aliphatic heterocycles. The van der Waals surface area contributed by atoms with Crippen LogP contribution in [0, 0.1) is 17.8 Å². The van der Waals surface area contributed by atoms with Crippen LogP contribution in [0.2, 0.25) is 0 Å². The highest BCUT2D eigenvalue weighted by molar-refractivity contribution is 5.81. The fourth-order valence-corrected chi connectivity index (χ4v) is 3.35. The van der Waals surface area contributed by atoms with Crippen LogP contribution in [0.25, 0.3) is 0 Å². The minimum absolute atomic E-state index is 0.367.